The minimum Gasteiger partial charge on any atom is -0.396 e. The van der Waals surface area contributed by atoms with Crippen molar-refractivity contribution in [3.8, 4) is 0 Å². The molecule has 8 heteroatoms. The molecule has 0 radical (unpaired) electrons. The maximum atomic E-state index is 11.4. The van der Waals surface area contributed by atoms with E-state index in [4.69, 9.17) is 10.2 Å². The van der Waals surface area contributed by atoms with Crippen LogP contribution < -0.4 is 5.14 Å². The lowest BCUT2D eigenvalue weighted by molar-refractivity contribution is 0.284. The molecular weight excluding hydrogens is 322 g/mol. The lowest BCUT2D eigenvalue weighted by Crippen LogP contribution is -2.11. The molecule has 1 aromatic carbocycles. The maximum absolute atomic E-state index is 11.4. The van der Waals surface area contributed by atoms with E-state index in [1.165, 1.54) is 12.1 Å². The van der Waals surface area contributed by atoms with Crippen LogP contribution in [0.5, 0.6) is 0 Å². The number of rotatable bonds is 8. The van der Waals surface area contributed by atoms with Crippen molar-refractivity contribution in [1.82, 2.24) is 9.55 Å². The molecule has 3 N–H and O–H groups in total. The van der Waals surface area contributed by atoms with Crippen molar-refractivity contribution in [3.05, 3.63) is 18.2 Å². The van der Waals surface area contributed by atoms with Crippen LogP contribution in [0.1, 0.15) is 26.2 Å². The van der Waals surface area contributed by atoms with Gasteiger partial charge in [0.05, 0.1) is 15.9 Å². The van der Waals surface area contributed by atoms with Gasteiger partial charge in [-0.1, -0.05) is 18.2 Å². The number of primary sulfonamides is 1. The van der Waals surface area contributed by atoms with Gasteiger partial charge in [-0.2, -0.15) is 0 Å². The first-order valence-electron chi connectivity index (χ1n) is 7.24. The molecule has 0 aliphatic carbocycles. The molecule has 0 aliphatic heterocycles. The standard InChI is InChI=1S/C14H21N3O3S2/c1-2-17-13-7-6-11(22(15,19)20)10-12(13)16-14(17)21-9-5-3-4-8-18/h6-7,10,18H,2-5,8-9H2,1H3,(H2,15,19,20). The smallest absolute Gasteiger partial charge is 0.238 e. The molecule has 1 heterocycles. The number of nitrogens with zero attached hydrogens (tertiary/aromatic N) is 2. The van der Waals surface area contributed by atoms with Crippen LogP contribution in [0.4, 0.5) is 0 Å². The average Bonchev–Trinajstić information content (AvgIpc) is 2.82. The lowest BCUT2D eigenvalue weighted by atomic mass is 10.3. The zero-order valence-corrected chi connectivity index (χ0v) is 14.2. The number of aryl methyl sites for hydroxylation is 1. The van der Waals surface area contributed by atoms with E-state index in [1.54, 1.807) is 17.8 Å². The molecule has 0 saturated carbocycles. The van der Waals surface area contributed by atoms with Crippen molar-refractivity contribution in [2.45, 2.75) is 42.8 Å². The van der Waals surface area contributed by atoms with Gasteiger partial charge in [0.1, 0.15) is 0 Å². The number of aromatic nitrogens is 2. The third kappa shape index (κ3) is 4.01. The van der Waals surface area contributed by atoms with Crippen molar-refractivity contribution in [2.75, 3.05) is 12.4 Å². The Hall–Kier alpha value is -1.09. The average molecular weight is 343 g/mol. The number of imidazole rings is 1. The van der Waals surface area contributed by atoms with Crippen molar-refractivity contribution < 1.29 is 13.5 Å². The van der Waals surface area contributed by atoms with Crippen LogP contribution in [0.25, 0.3) is 11.0 Å². The topological polar surface area (TPSA) is 98.2 Å². The van der Waals surface area contributed by atoms with Crippen LogP contribution in [0, 0.1) is 0 Å². The molecule has 0 atom stereocenters. The largest absolute Gasteiger partial charge is 0.396 e. The van der Waals surface area contributed by atoms with E-state index >= 15 is 0 Å². The highest BCUT2D eigenvalue weighted by molar-refractivity contribution is 7.99. The lowest BCUT2D eigenvalue weighted by Gasteiger charge is -2.05. The molecule has 0 fully saturated rings. The molecule has 6 nitrogen and oxygen atoms in total. The van der Waals surface area contributed by atoms with Crippen molar-refractivity contribution in [1.29, 1.82) is 0 Å². The van der Waals surface area contributed by atoms with Crippen LogP contribution in [-0.2, 0) is 16.6 Å². The molecule has 22 heavy (non-hydrogen) atoms. The molecule has 0 spiro atoms. The summed E-state index contributed by atoms with van der Waals surface area (Å²) in [5.41, 5.74) is 1.55. The number of sulfonamides is 1. The first-order valence-corrected chi connectivity index (χ1v) is 9.77. The van der Waals surface area contributed by atoms with E-state index in [0.717, 1.165) is 42.2 Å². The third-order valence-electron chi connectivity index (χ3n) is 3.36. The number of thioether (sulfide) groups is 1. The predicted octanol–water partition coefficient (Wildman–Crippen LogP) is 1.96. The highest BCUT2D eigenvalue weighted by Gasteiger charge is 2.14. The normalized spacial score (nSPS) is 12.1. The second kappa shape index (κ2) is 7.45. The number of aliphatic hydroxyl groups is 1. The number of fused-ring (bicyclic) bond motifs is 1. The van der Waals surface area contributed by atoms with Gasteiger partial charge < -0.3 is 9.67 Å². The number of hydrogen-bond acceptors (Lipinski definition) is 5. The Labute approximate surface area is 134 Å². The molecule has 122 valence electrons. The van der Waals surface area contributed by atoms with Crippen LogP contribution >= 0.6 is 11.8 Å². The zero-order valence-electron chi connectivity index (χ0n) is 12.5. The Morgan fingerprint density at radius 3 is 2.73 bits per heavy atom. The van der Waals surface area contributed by atoms with Gasteiger partial charge in [-0.05, 0) is 38.0 Å². The summed E-state index contributed by atoms with van der Waals surface area (Å²) in [5, 5.41) is 14.8. The molecule has 0 bridgehead atoms. The molecule has 1 aromatic heterocycles. The summed E-state index contributed by atoms with van der Waals surface area (Å²) in [6.07, 6.45) is 2.83. The van der Waals surface area contributed by atoms with E-state index in [-0.39, 0.29) is 11.5 Å². The second-order valence-electron chi connectivity index (χ2n) is 4.97. The quantitative estimate of drug-likeness (QED) is 0.564. The summed E-state index contributed by atoms with van der Waals surface area (Å²) >= 11 is 1.65. The predicted molar refractivity (Wildman–Crippen MR) is 88.4 cm³/mol. The number of unbranched alkanes of at least 4 members (excludes halogenated alkanes) is 2. The number of nitrogens with two attached hydrogens (primary N) is 1. The molecular formula is C14H21N3O3S2. The zero-order chi connectivity index (χ0) is 16.2. The molecule has 0 aliphatic rings. The van der Waals surface area contributed by atoms with Gasteiger partial charge in [-0.15, -0.1) is 0 Å². The fourth-order valence-corrected chi connectivity index (χ4v) is 3.85. The summed E-state index contributed by atoms with van der Waals surface area (Å²) < 4.78 is 24.9. The Kier molecular flexibility index (Phi) is 5.85. The van der Waals surface area contributed by atoms with E-state index < -0.39 is 10.0 Å². The van der Waals surface area contributed by atoms with Crippen molar-refractivity contribution in [3.63, 3.8) is 0 Å². The first-order chi connectivity index (χ1) is 10.5. The van der Waals surface area contributed by atoms with Gasteiger partial charge in [0.15, 0.2) is 5.16 Å². The maximum Gasteiger partial charge on any atom is 0.238 e. The van der Waals surface area contributed by atoms with Gasteiger partial charge in [-0.25, -0.2) is 18.5 Å². The van der Waals surface area contributed by atoms with Crippen LogP contribution in [0.15, 0.2) is 28.3 Å². The van der Waals surface area contributed by atoms with Gasteiger partial charge in [-0.3, -0.25) is 0 Å². The summed E-state index contributed by atoms with van der Waals surface area (Å²) in [6, 6.07) is 4.79. The van der Waals surface area contributed by atoms with Gasteiger partial charge in [0, 0.05) is 18.9 Å². The van der Waals surface area contributed by atoms with E-state index in [0.29, 0.717) is 5.52 Å². The van der Waals surface area contributed by atoms with E-state index in [1.807, 2.05) is 6.92 Å². The molecule has 0 unspecified atom stereocenters. The van der Waals surface area contributed by atoms with Crippen LogP contribution in [0.3, 0.4) is 0 Å². The SMILES string of the molecule is CCn1c(SCCCCCO)nc2cc(S(N)(=O)=O)ccc21. The Morgan fingerprint density at radius 2 is 2.09 bits per heavy atom. The minimum atomic E-state index is -3.71. The number of aliphatic hydroxyl groups excluding tert-OH is 1. The van der Waals surface area contributed by atoms with Crippen molar-refractivity contribution in [2.24, 2.45) is 5.14 Å². The number of hydrogen-bond donors (Lipinski definition) is 2. The van der Waals surface area contributed by atoms with Gasteiger partial charge >= 0.3 is 0 Å². The fraction of sp³-hybridized carbons (Fsp3) is 0.500. The molecule has 0 amide bonds. The molecule has 2 rings (SSSR count). The highest BCUT2D eigenvalue weighted by atomic mass is 32.2. The first kappa shape index (κ1) is 17.3. The monoisotopic (exact) mass is 343 g/mol. The summed E-state index contributed by atoms with van der Waals surface area (Å²) in [4.78, 5) is 4.62. The van der Waals surface area contributed by atoms with Crippen LogP contribution in [-0.4, -0.2) is 35.4 Å². The molecule has 0 saturated heterocycles. The summed E-state index contributed by atoms with van der Waals surface area (Å²) in [6.45, 7) is 3.03. The van der Waals surface area contributed by atoms with Crippen molar-refractivity contribution >= 4 is 32.8 Å². The van der Waals surface area contributed by atoms with Gasteiger partial charge in [0.2, 0.25) is 10.0 Å². The number of benzene rings is 1. The highest BCUT2D eigenvalue weighted by Crippen LogP contribution is 2.26. The molecule has 2 aromatic rings. The minimum absolute atomic E-state index is 0.0836. The van der Waals surface area contributed by atoms with Crippen LogP contribution in [0.2, 0.25) is 0 Å². The summed E-state index contributed by atoms with van der Waals surface area (Å²) in [5.74, 6) is 0.922. The second-order valence-corrected chi connectivity index (χ2v) is 7.59. The Morgan fingerprint density at radius 1 is 1.32 bits per heavy atom. The Bertz CT molecular complexity index is 741. The third-order valence-corrected chi connectivity index (χ3v) is 5.34. The van der Waals surface area contributed by atoms with E-state index in [9.17, 15) is 8.42 Å². The Balaban J connectivity index is 2.23. The fourth-order valence-electron chi connectivity index (χ4n) is 2.23. The van der Waals surface area contributed by atoms with Gasteiger partial charge in [0.25, 0.3) is 0 Å². The summed E-state index contributed by atoms with van der Waals surface area (Å²) in [7, 11) is -3.71. The van der Waals surface area contributed by atoms with E-state index in [2.05, 4.69) is 9.55 Å².